The molecule has 0 N–H and O–H groups in total. The maximum absolute atomic E-state index is 6.39. The van der Waals surface area contributed by atoms with Gasteiger partial charge in [-0.1, -0.05) is 42.5 Å². The Morgan fingerprint density at radius 1 is 1.16 bits per heavy atom. The molecule has 1 fully saturated rings. The smallest absolute Gasteiger partial charge is 0.164 e. The molecule has 0 radical (unpaired) electrons. The number of benzene rings is 1. The summed E-state index contributed by atoms with van der Waals surface area (Å²) < 4.78 is 12.3. The molecule has 2 atom stereocenters. The van der Waals surface area contributed by atoms with Crippen LogP contribution in [-0.2, 0) is 15.1 Å². The lowest BCUT2D eigenvalue weighted by atomic mass is 9.77. The Balaban J connectivity index is 2.01. The Morgan fingerprint density at radius 2 is 1.95 bits per heavy atom. The molecule has 2 nitrogen and oxygen atoms in total. The van der Waals surface area contributed by atoms with E-state index in [9.17, 15) is 0 Å². The second-order valence-electron chi connectivity index (χ2n) is 6.01. The molecule has 1 heterocycles. The minimum Gasteiger partial charge on any atom is -0.347 e. The second kappa shape index (κ2) is 4.77. The predicted molar refractivity (Wildman–Crippen MR) is 75.7 cm³/mol. The van der Waals surface area contributed by atoms with Gasteiger partial charge in [0, 0.05) is 5.92 Å². The summed E-state index contributed by atoms with van der Waals surface area (Å²) in [6.07, 6.45) is 8.20. The van der Waals surface area contributed by atoms with Crippen LogP contribution in [0.3, 0.4) is 0 Å². The van der Waals surface area contributed by atoms with Crippen LogP contribution in [0.5, 0.6) is 0 Å². The molecule has 102 valence electrons. The molecule has 1 aromatic carbocycles. The standard InChI is InChI=1S/C17H22O2/c1-16(2)18-13-17(19-16,14-9-5-3-6-10-14)15-11-7-4-8-12-15/h3,5-7,9-11,15H,4,8,12-13H2,1-2H3. The first-order valence-electron chi connectivity index (χ1n) is 7.19. The lowest BCUT2D eigenvalue weighted by Crippen LogP contribution is -2.39. The largest absolute Gasteiger partial charge is 0.347 e. The van der Waals surface area contributed by atoms with Crippen LogP contribution >= 0.6 is 0 Å². The van der Waals surface area contributed by atoms with E-state index in [-0.39, 0.29) is 5.60 Å². The quantitative estimate of drug-likeness (QED) is 0.746. The topological polar surface area (TPSA) is 18.5 Å². The van der Waals surface area contributed by atoms with Crippen molar-refractivity contribution in [3.8, 4) is 0 Å². The minimum atomic E-state index is -0.499. The zero-order valence-corrected chi connectivity index (χ0v) is 11.8. The molecule has 1 aliphatic heterocycles. The summed E-state index contributed by atoms with van der Waals surface area (Å²) in [6, 6.07) is 10.5. The minimum absolute atomic E-state index is 0.318. The Morgan fingerprint density at radius 3 is 2.53 bits per heavy atom. The van der Waals surface area contributed by atoms with Gasteiger partial charge in [0.25, 0.3) is 0 Å². The third-order valence-electron chi connectivity index (χ3n) is 4.18. The fourth-order valence-corrected chi connectivity index (χ4v) is 3.24. The molecular weight excluding hydrogens is 236 g/mol. The average Bonchev–Trinajstić information content (AvgIpc) is 2.78. The monoisotopic (exact) mass is 258 g/mol. The second-order valence-corrected chi connectivity index (χ2v) is 6.01. The van der Waals surface area contributed by atoms with Crippen LogP contribution in [-0.4, -0.2) is 12.4 Å². The number of hydrogen-bond donors (Lipinski definition) is 0. The number of allylic oxidation sites excluding steroid dienone is 1. The van der Waals surface area contributed by atoms with Crippen molar-refractivity contribution in [3.63, 3.8) is 0 Å². The lowest BCUT2D eigenvalue weighted by Gasteiger charge is -2.37. The van der Waals surface area contributed by atoms with Gasteiger partial charge in [0.15, 0.2) is 5.79 Å². The maximum atomic E-state index is 6.39. The first-order chi connectivity index (χ1) is 9.12. The average molecular weight is 258 g/mol. The van der Waals surface area contributed by atoms with Crippen molar-refractivity contribution in [3.05, 3.63) is 48.0 Å². The summed E-state index contributed by atoms with van der Waals surface area (Å²) in [7, 11) is 0. The molecule has 1 saturated heterocycles. The molecule has 2 unspecified atom stereocenters. The van der Waals surface area contributed by atoms with E-state index in [0.717, 1.165) is 0 Å². The van der Waals surface area contributed by atoms with E-state index >= 15 is 0 Å². The van der Waals surface area contributed by atoms with Crippen LogP contribution < -0.4 is 0 Å². The molecular formula is C17H22O2. The molecule has 0 spiro atoms. The van der Waals surface area contributed by atoms with Crippen LogP contribution in [0.1, 0.15) is 38.7 Å². The van der Waals surface area contributed by atoms with Gasteiger partial charge in [0.1, 0.15) is 5.60 Å². The molecule has 0 bridgehead atoms. The van der Waals surface area contributed by atoms with Crippen molar-refractivity contribution in [1.82, 2.24) is 0 Å². The third kappa shape index (κ3) is 2.35. The van der Waals surface area contributed by atoms with Crippen molar-refractivity contribution in [1.29, 1.82) is 0 Å². The van der Waals surface area contributed by atoms with E-state index in [4.69, 9.17) is 9.47 Å². The molecule has 0 saturated carbocycles. The summed E-state index contributed by atoms with van der Waals surface area (Å²) in [6.45, 7) is 4.65. The highest BCUT2D eigenvalue weighted by atomic mass is 16.8. The Bertz CT molecular complexity index is 463. The van der Waals surface area contributed by atoms with E-state index < -0.39 is 5.79 Å². The van der Waals surface area contributed by atoms with Gasteiger partial charge in [0.2, 0.25) is 0 Å². The Labute approximate surface area is 115 Å². The fraction of sp³-hybridized carbons (Fsp3) is 0.529. The van der Waals surface area contributed by atoms with Gasteiger partial charge in [-0.05, 0) is 38.7 Å². The van der Waals surface area contributed by atoms with Crippen molar-refractivity contribution >= 4 is 0 Å². The molecule has 1 aliphatic carbocycles. The molecule has 2 aliphatic rings. The van der Waals surface area contributed by atoms with Crippen molar-refractivity contribution < 1.29 is 9.47 Å². The molecule has 1 aromatic rings. The zero-order chi connectivity index (χ0) is 13.3. The number of rotatable bonds is 2. The van der Waals surface area contributed by atoms with E-state index in [0.29, 0.717) is 12.5 Å². The van der Waals surface area contributed by atoms with Gasteiger partial charge in [-0.25, -0.2) is 0 Å². The highest BCUT2D eigenvalue weighted by molar-refractivity contribution is 5.27. The van der Waals surface area contributed by atoms with Crippen molar-refractivity contribution in [2.75, 3.05) is 6.61 Å². The summed E-state index contributed by atoms with van der Waals surface area (Å²) in [4.78, 5) is 0. The summed E-state index contributed by atoms with van der Waals surface area (Å²) in [5, 5.41) is 0. The SMILES string of the molecule is CC1(C)OCC(c2ccccc2)(C2C=CCCC2)O1. The number of hydrogen-bond acceptors (Lipinski definition) is 2. The highest BCUT2D eigenvalue weighted by Crippen LogP contribution is 2.47. The summed E-state index contributed by atoms with van der Waals surface area (Å²) >= 11 is 0. The molecule has 3 rings (SSSR count). The lowest BCUT2D eigenvalue weighted by molar-refractivity contribution is -0.173. The zero-order valence-electron chi connectivity index (χ0n) is 11.8. The highest BCUT2D eigenvalue weighted by Gasteiger charge is 2.50. The normalized spacial score (nSPS) is 33.5. The van der Waals surface area contributed by atoms with E-state index in [1.807, 2.05) is 13.8 Å². The summed E-state index contributed by atoms with van der Waals surface area (Å²) in [5.41, 5.74) is 0.916. The van der Waals surface area contributed by atoms with E-state index in [1.54, 1.807) is 0 Å². The fourth-order valence-electron chi connectivity index (χ4n) is 3.24. The van der Waals surface area contributed by atoms with E-state index in [2.05, 4.69) is 42.5 Å². The first-order valence-corrected chi connectivity index (χ1v) is 7.19. The summed E-state index contributed by atoms with van der Waals surface area (Å²) in [5.74, 6) is -0.0911. The van der Waals surface area contributed by atoms with E-state index in [1.165, 1.54) is 24.8 Å². The van der Waals surface area contributed by atoms with Crippen LogP contribution in [0.4, 0.5) is 0 Å². The van der Waals surface area contributed by atoms with Crippen LogP contribution in [0, 0.1) is 5.92 Å². The Kier molecular flexibility index (Phi) is 3.23. The van der Waals surface area contributed by atoms with Crippen molar-refractivity contribution in [2.45, 2.75) is 44.5 Å². The maximum Gasteiger partial charge on any atom is 0.164 e. The van der Waals surface area contributed by atoms with Gasteiger partial charge < -0.3 is 9.47 Å². The van der Waals surface area contributed by atoms with Gasteiger partial charge in [0.05, 0.1) is 6.61 Å². The van der Waals surface area contributed by atoms with Gasteiger partial charge in [-0.2, -0.15) is 0 Å². The van der Waals surface area contributed by atoms with Crippen LogP contribution in [0.2, 0.25) is 0 Å². The van der Waals surface area contributed by atoms with Gasteiger partial charge >= 0.3 is 0 Å². The number of ether oxygens (including phenoxy) is 2. The van der Waals surface area contributed by atoms with Crippen molar-refractivity contribution in [2.24, 2.45) is 5.92 Å². The van der Waals surface area contributed by atoms with Crippen LogP contribution in [0.25, 0.3) is 0 Å². The van der Waals surface area contributed by atoms with Gasteiger partial charge in [-0.15, -0.1) is 0 Å². The molecule has 19 heavy (non-hydrogen) atoms. The molecule has 0 aromatic heterocycles. The molecule has 2 heteroatoms. The van der Waals surface area contributed by atoms with Crippen LogP contribution in [0.15, 0.2) is 42.5 Å². The first kappa shape index (κ1) is 12.9. The molecule has 0 amide bonds. The van der Waals surface area contributed by atoms with Gasteiger partial charge in [-0.3, -0.25) is 0 Å². The predicted octanol–water partition coefficient (Wildman–Crippen LogP) is 4.02. The third-order valence-corrected chi connectivity index (χ3v) is 4.18. The Hall–Kier alpha value is -1.12.